The van der Waals surface area contributed by atoms with Crippen LogP contribution in [0.5, 0.6) is 5.75 Å². The lowest BCUT2D eigenvalue weighted by molar-refractivity contribution is 0.0947. The second-order valence-corrected chi connectivity index (χ2v) is 7.56. The van der Waals surface area contributed by atoms with Crippen LogP contribution >= 0.6 is 0 Å². The van der Waals surface area contributed by atoms with Crippen LogP contribution in [0.3, 0.4) is 0 Å². The molecular weight excluding hydrogens is 416 g/mol. The molecule has 0 saturated carbocycles. The molecule has 2 N–H and O–H groups in total. The summed E-state index contributed by atoms with van der Waals surface area (Å²) in [7, 11) is 1.65. The zero-order valence-corrected chi connectivity index (χ0v) is 17.8. The number of fused-ring (bicyclic) bond motifs is 2. The Labute approximate surface area is 189 Å². The minimum absolute atomic E-state index is 0.181. The topological polar surface area (TPSA) is 97.0 Å². The highest BCUT2D eigenvalue weighted by Gasteiger charge is 2.15. The maximum absolute atomic E-state index is 12.9. The van der Waals surface area contributed by atoms with E-state index in [9.17, 15) is 9.59 Å². The summed E-state index contributed by atoms with van der Waals surface area (Å²) >= 11 is 0. The number of aromatic nitrogens is 3. The van der Waals surface area contributed by atoms with E-state index < -0.39 is 0 Å². The summed E-state index contributed by atoms with van der Waals surface area (Å²) < 4.78 is 5.37. The molecule has 2 heterocycles. The Morgan fingerprint density at radius 2 is 1.82 bits per heavy atom. The molecule has 1 amide bonds. The third kappa shape index (κ3) is 3.80. The van der Waals surface area contributed by atoms with Gasteiger partial charge in [0.25, 0.3) is 11.5 Å². The molecule has 7 nitrogen and oxygen atoms in total. The van der Waals surface area contributed by atoms with Crippen LogP contribution in [-0.2, 0) is 6.54 Å². The number of aromatic amines is 1. The van der Waals surface area contributed by atoms with Gasteiger partial charge in [0.05, 0.1) is 12.5 Å². The average Bonchev–Trinajstić information content (AvgIpc) is 2.87. The third-order valence-corrected chi connectivity index (χ3v) is 5.64. The number of carbonyl (C=O) groups excluding carboxylic acids is 1. The minimum Gasteiger partial charge on any atom is -0.497 e. The van der Waals surface area contributed by atoms with E-state index in [0.29, 0.717) is 10.8 Å². The van der Waals surface area contributed by atoms with Gasteiger partial charge in [-0.15, -0.1) is 0 Å². The standard InChI is InChI=1S/C26H20N4O3/c1-33-18-6-4-5-16(13-18)19-10-9-17(23-15-27-12-11-20(19)23)14-28-26(32)24-21-7-2-3-8-22(21)25(31)30-29-24/h2-13,15H,14H2,1H3,(H,28,32)(H,30,31). The quantitative estimate of drug-likeness (QED) is 0.433. The maximum atomic E-state index is 12.9. The van der Waals surface area contributed by atoms with Crippen molar-refractivity contribution in [1.82, 2.24) is 20.5 Å². The second kappa shape index (κ2) is 8.55. The van der Waals surface area contributed by atoms with E-state index >= 15 is 0 Å². The van der Waals surface area contributed by atoms with E-state index in [2.05, 4.69) is 20.5 Å². The molecule has 3 aromatic carbocycles. The Morgan fingerprint density at radius 3 is 2.67 bits per heavy atom. The van der Waals surface area contributed by atoms with Crippen molar-refractivity contribution in [3.05, 3.63) is 101 Å². The van der Waals surface area contributed by atoms with Crippen LogP contribution in [0, 0.1) is 0 Å². The fraction of sp³-hybridized carbons (Fsp3) is 0.0769. The van der Waals surface area contributed by atoms with Crippen molar-refractivity contribution in [3.63, 3.8) is 0 Å². The number of amides is 1. The van der Waals surface area contributed by atoms with Crippen molar-refractivity contribution in [2.75, 3.05) is 7.11 Å². The fourth-order valence-corrected chi connectivity index (χ4v) is 3.99. The molecule has 0 bridgehead atoms. The van der Waals surface area contributed by atoms with Crippen LogP contribution in [0.1, 0.15) is 16.1 Å². The summed E-state index contributed by atoms with van der Waals surface area (Å²) in [5.41, 5.74) is 2.86. The Morgan fingerprint density at radius 1 is 0.970 bits per heavy atom. The van der Waals surface area contributed by atoms with Crippen LogP contribution in [0.25, 0.3) is 32.7 Å². The number of benzene rings is 3. The molecule has 0 unspecified atom stereocenters. The van der Waals surface area contributed by atoms with Gasteiger partial charge in [0.15, 0.2) is 5.69 Å². The summed E-state index contributed by atoms with van der Waals surface area (Å²) in [6, 6.07) is 20.8. The predicted molar refractivity (Wildman–Crippen MR) is 127 cm³/mol. The van der Waals surface area contributed by atoms with Crippen molar-refractivity contribution in [3.8, 4) is 16.9 Å². The molecule has 33 heavy (non-hydrogen) atoms. The van der Waals surface area contributed by atoms with Crippen LogP contribution in [-0.4, -0.2) is 28.2 Å². The van der Waals surface area contributed by atoms with E-state index in [0.717, 1.165) is 33.2 Å². The van der Waals surface area contributed by atoms with Gasteiger partial charge < -0.3 is 10.1 Å². The first-order chi connectivity index (χ1) is 16.2. The molecular formula is C26H20N4O3. The Bertz CT molecular complexity index is 1560. The van der Waals surface area contributed by atoms with Gasteiger partial charge in [-0.2, -0.15) is 5.10 Å². The zero-order valence-electron chi connectivity index (χ0n) is 17.8. The zero-order chi connectivity index (χ0) is 22.8. The number of methoxy groups -OCH3 is 1. The first-order valence-corrected chi connectivity index (χ1v) is 10.4. The number of nitrogens with one attached hydrogen (secondary N) is 2. The average molecular weight is 436 g/mol. The first-order valence-electron chi connectivity index (χ1n) is 10.4. The first kappa shape index (κ1) is 20.4. The van der Waals surface area contributed by atoms with Crippen molar-refractivity contribution in [2.24, 2.45) is 0 Å². The molecule has 0 aliphatic carbocycles. The number of pyridine rings is 1. The molecule has 162 valence electrons. The lowest BCUT2D eigenvalue weighted by Crippen LogP contribution is -2.26. The highest BCUT2D eigenvalue weighted by atomic mass is 16.5. The van der Waals surface area contributed by atoms with Gasteiger partial charge in [0, 0.05) is 29.7 Å². The normalized spacial score (nSPS) is 10.9. The Hall–Kier alpha value is -4.52. The molecule has 0 aliphatic rings. The number of hydrogen-bond donors (Lipinski definition) is 2. The van der Waals surface area contributed by atoms with Crippen LogP contribution in [0.2, 0.25) is 0 Å². The van der Waals surface area contributed by atoms with Gasteiger partial charge in [-0.05, 0) is 46.3 Å². The predicted octanol–water partition coefficient (Wildman–Crippen LogP) is 4.08. The molecule has 0 saturated heterocycles. The summed E-state index contributed by atoms with van der Waals surface area (Å²) in [5, 5.41) is 12.2. The molecule has 0 aliphatic heterocycles. The SMILES string of the molecule is COc1cccc(-c2ccc(CNC(=O)c3n[nH]c(=O)c4ccccc34)c3cnccc23)c1. The van der Waals surface area contributed by atoms with Crippen LogP contribution in [0.15, 0.2) is 83.9 Å². The molecule has 5 aromatic rings. The summed E-state index contributed by atoms with van der Waals surface area (Å²) in [5.74, 6) is 0.419. The molecule has 0 atom stereocenters. The van der Waals surface area contributed by atoms with Crippen molar-refractivity contribution < 1.29 is 9.53 Å². The van der Waals surface area contributed by atoms with E-state index in [1.165, 1.54) is 0 Å². The van der Waals surface area contributed by atoms with Crippen molar-refractivity contribution >= 4 is 27.5 Å². The van der Waals surface area contributed by atoms with Crippen molar-refractivity contribution in [2.45, 2.75) is 6.54 Å². The Kier molecular flexibility index (Phi) is 5.28. The summed E-state index contributed by atoms with van der Waals surface area (Å²) in [6.45, 7) is 0.286. The number of ether oxygens (including phenoxy) is 1. The number of hydrogen-bond acceptors (Lipinski definition) is 5. The third-order valence-electron chi connectivity index (χ3n) is 5.64. The second-order valence-electron chi connectivity index (χ2n) is 7.56. The molecule has 0 radical (unpaired) electrons. The van der Waals surface area contributed by atoms with E-state index in [1.54, 1.807) is 43.8 Å². The van der Waals surface area contributed by atoms with E-state index in [-0.39, 0.29) is 23.7 Å². The number of rotatable bonds is 5. The Balaban J connectivity index is 1.48. The minimum atomic E-state index is -0.364. The number of nitrogens with zero attached hydrogens (tertiary/aromatic N) is 2. The van der Waals surface area contributed by atoms with E-state index in [4.69, 9.17) is 4.74 Å². The number of H-pyrrole nitrogens is 1. The summed E-state index contributed by atoms with van der Waals surface area (Å²) in [4.78, 5) is 29.2. The molecule has 0 spiro atoms. The van der Waals surface area contributed by atoms with Gasteiger partial charge in [0.2, 0.25) is 0 Å². The lowest BCUT2D eigenvalue weighted by atomic mass is 9.96. The lowest BCUT2D eigenvalue weighted by Gasteiger charge is -2.13. The van der Waals surface area contributed by atoms with Gasteiger partial charge in [-0.25, -0.2) is 5.10 Å². The van der Waals surface area contributed by atoms with Crippen LogP contribution < -0.4 is 15.6 Å². The number of carbonyl (C=O) groups is 1. The van der Waals surface area contributed by atoms with Gasteiger partial charge in [-0.1, -0.05) is 42.5 Å². The molecule has 5 rings (SSSR count). The largest absolute Gasteiger partial charge is 0.497 e. The molecule has 7 heteroatoms. The molecule has 0 fully saturated rings. The molecule has 2 aromatic heterocycles. The van der Waals surface area contributed by atoms with Gasteiger partial charge in [0.1, 0.15) is 5.75 Å². The maximum Gasteiger partial charge on any atom is 0.272 e. The smallest absolute Gasteiger partial charge is 0.272 e. The van der Waals surface area contributed by atoms with Crippen LogP contribution in [0.4, 0.5) is 0 Å². The van der Waals surface area contributed by atoms with Gasteiger partial charge >= 0.3 is 0 Å². The highest BCUT2D eigenvalue weighted by molar-refractivity contribution is 6.05. The van der Waals surface area contributed by atoms with Crippen molar-refractivity contribution in [1.29, 1.82) is 0 Å². The fourth-order valence-electron chi connectivity index (χ4n) is 3.99. The monoisotopic (exact) mass is 436 g/mol. The summed E-state index contributed by atoms with van der Waals surface area (Å²) in [6.07, 6.45) is 3.55. The highest BCUT2D eigenvalue weighted by Crippen LogP contribution is 2.32. The van der Waals surface area contributed by atoms with Gasteiger partial charge in [-0.3, -0.25) is 14.6 Å². The van der Waals surface area contributed by atoms with E-state index in [1.807, 2.05) is 42.5 Å².